The van der Waals surface area contributed by atoms with Crippen molar-refractivity contribution in [2.75, 3.05) is 46.3 Å². The van der Waals surface area contributed by atoms with Crippen LogP contribution in [-0.2, 0) is 12.4 Å². The number of amides is 1. The highest BCUT2D eigenvalue weighted by atomic mass is 35.5. The van der Waals surface area contributed by atoms with Crippen molar-refractivity contribution in [2.45, 2.75) is 24.7 Å². The fraction of sp³-hybridized carbons (Fsp3) is 0.379. The molecule has 3 heterocycles. The van der Waals surface area contributed by atoms with Crippen LogP contribution in [0.5, 0.6) is 0 Å². The summed E-state index contributed by atoms with van der Waals surface area (Å²) in [4.78, 5) is 25.1. The van der Waals surface area contributed by atoms with Crippen molar-refractivity contribution < 1.29 is 35.8 Å². The topological polar surface area (TPSA) is 63.9 Å². The molecule has 45 heavy (non-hydrogen) atoms. The Balaban J connectivity index is 1.30. The minimum absolute atomic E-state index is 0.00163. The molecule has 3 aliphatic rings. The number of fused-ring (bicyclic) bond motifs is 1. The highest BCUT2D eigenvalue weighted by Gasteiger charge is 2.45. The lowest BCUT2D eigenvalue weighted by molar-refractivity contribution is -0.918. The summed E-state index contributed by atoms with van der Waals surface area (Å²) >= 11 is 12.4. The summed E-state index contributed by atoms with van der Waals surface area (Å²) in [7, 11) is 1.35. The zero-order chi connectivity index (χ0) is 32.6. The summed E-state index contributed by atoms with van der Waals surface area (Å²) < 4.78 is 80.7. The average Bonchev–Trinajstić information content (AvgIpc) is 3.45. The second-order valence-electron chi connectivity index (χ2n) is 10.9. The van der Waals surface area contributed by atoms with Gasteiger partial charge >= 0.3 is 12.4 Å². The van der Waals surface area contributed by atoms with Crippen molar-refractivity contribution in [3.05, 3.63) is 81.1 Å². The summed E-state index contributed by atoms with van der Waals surface area (Å²) in [6.07, 6.45) is -2.92. The number of amidine groups is 1. The van der Waals surface area contributed by atoms with Gasteiger partial charge in [0.05, 0.1) is 40.5 Å². The minimum atomic E-state index is -5.07. The van der Waals surface area contributed by atoms with Crippen LogP contribution in [0.4, 0.5) is 26.3 Å². The van der Waals surface area contributed by atoms with Crippen molar-refractivity contribution in [3.8, 4) is 0 Å². The van der Waals surface area contributed by atoms with Crippen molar-refractivity contribution in [1.29, 1.82) is 0 Å². The van der Waals surface area contributed by atoms with E-state index in [0.717, 1.165) is 10.5 Å². The van der Waals surface area contributed by atoms with Crippen molar-refractivity contribution in [1.82, 2.24) is 14.8 Å². The lowest BCUT2D eigenvalue weighted by Gasteiger charge is -2.40. The third kappa shape index (κ3) is 7.25. The Bertz CT molecular complexity index is 1530. The molecule has 0 aromatic heterocycles. The van der Waals surface area contributed by atoms with Crippen LogP contribution < -0.4 is 0 Å². The highest BCUT2D eigenvalue weighted by molar-refractivity contribution is 6.42. The van der Waals surface area contributed by atoms with Crippen LogP contribution in [0.25, 0.3) is 0 Å². The molecular formula is C29H28Cl2F6N7O+. The summed E-state index contributed by atoms with van der Waals surface area (Å²) in [5.41, 5.74) is -3.08. The summed E-state index contributed by atoms with van der Waals surface area (Å²) in [5.74, 6) is -0.632. The lowest BCUT2D eigenvalue weighted by Crippen LogP contribution is -2.62. The minimum Gasteiger partial charge on any atom is -0.341 e. The van der Waals surface area contributed by atoms with Gasteiger partial charge < -0.3 is 9.80 Å². The molecule has 2 aromatic carbocycles. The number of carbonyl (C=O) groups excluding carboxylic acids is 1. The number of alkyl halides is 6. The largest absolute Gasteiger partial charge is 0.416 e. The van der Waals surface area contributed by atoms with E-state index in [9.17, 15) is 31.1 Å². The van der Waals surface area contributed by atoms with E-state index in [1.165, 1.54) is 13.4 Å². The van der Waals surface area contributed by atoms with E-state index in [4.69, 9.17) is 23.2 Å². The van der Waals surface area contributed by atoms with Crippen LogP contribution in [0.2, 0.25) is 10.0 Å². The second kappa shape index (κ2) is 12.8. The molecule has 16 heteroatoms. The molecule has 0 N–H and O–H groups in total. The number of aliphatic imine (C=N–C) groups is 2. The number of rotatable bonds is 8. The quantitative estimate of drug-likeness (QED) is 0.236. The van der Waals surface area contributed by atoms with Crippen LogP contribution in [0.1, 0.15) is 39.4 Å². The Hall–Kier alpha value is -3.30. The van der Waals surface area contributed by atoms with Gasteiger partial charge in [-0.1, -0.05) is 29.3 Å². The molecule has 240 valence electrons. The predicted octanol–water partition coefficient (Wildman–Crippen LogP) is 6.54. The Labute approximate surface area is 265 Å². The average molecular weight is 675 g/mol. The highest BCUT2D eigenvalue weighted by Crippen LogP contribution is 2.37. The smallest absolute Gasteiger partial charge is 0.341 e. The first kappa shape index (κ1) is 33.1. The fourth-order valence-electron chi connectivity index (χ4n) is 5.54. The summed E-state index contributed by atoms with van der Waals surface area (Å²) in [5, 5.41) is 7.29. The number of carbonyl (C=O) groups is 1. The van der Waals surface area contributed by atoms with Crippen LogP contribution in [0.3, 0.4) is 0 Å². The number of benzene rings is 2. The van der Waals surface area contributed by atoms with Gasteiger partial charge in [0.15, 0.2) is 12.5 Å². The zero-order valence-corrected chi connectivity index (χ0v) is 25.4. The Morgan fingerprint density at radius 1 is 0.978 bits per heavy atom. The van der Waals surface area contributed by atoms with Gasteiger partial charge in [0.25, 0.3) is 11.7 Å². The molecular weight excluding hydrogens is 647 g/mol. The van der Waals surface area contributed by atoms with E-state index in [-0.39, 0.29) is 28.3 Å². The molecule has 3 aliphatic heterocycles. The first-order chi connectivity index (χ1) is 21.2. The van der Waals surface area contributed by atoms with Gasteiger partial charge in [-0.25, -0.2) is 0 Å². The monoisotopic (exact) mass is 674 g/mol. The molecule has 0 radical (unpaired) electrons. The fourth-order valence-corrected chi connectivity index (χ4v) is 5.85. The van der Waals surface area contributed by atoms with E-state index in [1.807, 2.05) is 6.20 Å². The number of nitrogens with zero attached hydrogens (tertiary/aromatic N) is 7. The molecule has 2 unspecified atom stereocenters. The predicted molar refractivity (Wildman–Crippen MR) is 159 cm³/mol. The van der Waals surface area contributed by atoms with Gasteiger partial charge in [-0.05, 0) is 58.7 Å². The SMILES string of the molecule is CN(CC(CCN1CCN([N+]23C=CN=CC2=NC=N3)CC1)c1ccc(Cl)c(Cl)c1)C(=O)c1cc(C(F)(F)F)cc(C(F)(F)F)c1. The molecule has 0 bridgehead atoms. The summed E-state index contributed by atoms with van der Waals surface area (Å²) in [6, 6.07) is 5.89. The number of halogens is 8. The molecule has 2 atom stereocenters. The number of piperazine rings is 1. The van der Waals surface area contributed by atoms with Crippen LogP contribution in [0, 0.1) is 0 Å². The van der Waals surface area contributed by atoms with Crippen molar-refractivity contribution in [3.63, 3.8) is 0 Å². The van der Waals surface area contributed by atoms with Gasteiger partial charge in [-0.2, -0.15) is 31.3 Å². The Kier molecular flexibility index (Phi) is 9.43. The standard InChI is InChI=1S/C29H28Cl2F6N7O/c1-41(27(45)21-12-22(28(32,33)34)15-23(13-21)29(35,36)37)17-20(19-2-3-24(30)25(31)14-19)4-6-42-7-9-43(10-8-42)44-11-5-38-16-26(44)39-18-40-44/h2-3,5,11-16,18,20H,4,6-10,17H2,1H3/q+1. The van der Waals surface area contributed by atoms with Gasteiger partial charge in [0, 0.05) is 38.2 Å². The number of hydrogen-bond acceptors (Lipinski definition) is 6. The maximum Gasteiger partial charge on any atom is 0.416 e. The Morgan fingerprint density at radius 3 is 2.27 bits per heavy atom. The molecule has 0 aliphatic carbocycles. The van der Waals surface area contributed by atoms with E-state index >= 15 is 0 Å². The molecule has 0 saturated carbocycles. The maximum atomic E-state index is 13.4. The van der Waals surface area contributed by atoms with Crippen molar-refractivity contribution in [2.24, 2.45) is 15.1 Å². The molecule has 0 spiro atoms. The van der Waals surface area contributed by atoms with E-state index in [1.54, 1.807) is 30.6 Å². The van der Waals surface area contributed by atoms with E-state index in [2.05, 4.69) is 25.0 Å². The molecule has 1 fully saturated rings. The molecule has 8 nitrogen and oxygen atoms in total. The van der Waals surface area contributed by atoms with Crippen molar-refractivity contribution >= 4 is 47.5 Å². The first-order valence-corrected chi connectivity index (χ1v) is 14.6. The normalized spacial score (nSPS) is 21.1. The lowest BCUT2D eigenvalue weighted by atomic mass is 9.94. The Morgan fingerprint density at radius 2 is 1.64 bits per heavy atom. The third-order valence-corrected chi connectivity index (χ3v) is 8.71. The zero-order valence-electron chi connectivity index (χ0n) is 23.9. The van der Waals surface area contributed by atoms with Crippen LogP contribution in [-0.4, -0.2) is 90.1 Å². The summed E-state index contributed by atoms with van der Waals surface area (Å²) in [6.45, 7) is 3.34. The second-order valence-corrected chi connectivity index (χ2v) is 11.7. The maximum absolute atomic E-state index is 13.4. The van der Waals surface area contributed by atoms with E-state index < -0.39 is 35.0 Å². The molecule has 1 saturated heterocycles. The number of likely N-dealkylation sites (N-methyl/N-ethyl adjacent to an activating group) is 1. The van der Waals surface area contributed by atoms with Gasteiger partial charge in [-0.15, -0.1) is 5.01 Å². The van der Waals surface area contributed by atoms with Crippen LogP contribution in [0.15, 0.2) is 63.9 Å². The van der Waals surface area contributed by atoms with Gasteiger partial charge in [0.1, 0.15) is 6.21 Å². The molecule has 2 aromatic rings. The number of quaternary nitrogens is 1. The van der Waals surface area contributed by atoms with Crippen LogP contribution >= 0.6 is 23.2 Å². The van der Waals surface area contributed by atoms with E-state index in [0.29, 0.717) is 62.1 Å². The molecule has 5 rings (SSSR count). The number of hydrogen-bond donors (Lipinski definition) is 0. The van der Waals surface area contributed by atoms with Gasteiger partial charge in [0.2, 0.25) is 0 Å². The van der Waals surface area contributed by atoms with Gasteiger partial charge in [-0.3, -0.25) is 9.79 Å². The third-order valence-electron chi connectivity index (χ3n) is 7.97. The molecule has 1 amide bonds. The first-order valence-electron chi connectivity index (χ1n) is 13.9.